The Bertz CT molecular complexity index is 47.2. The van der Waals surface area contributed by atoms with Gasteiger partial charge in [-0.25, -0.2) is 0 Å². The third kappa shape index (κ3) is 7.92. The van der Waals surface area contributed by atoms with Gasteiger partial charge in [0.15, 0.2) is 0 Å². The first-order valence-corrected chi connectivity index (χ1v) is 4.41. The van der Waals surface area contributed by atoms with Crippen molar-refractivity contribution in [2.45, 2.75) is 32.6 Å². The molecule has 10 heavy (non-hydrogen) atoms. The van der Waals surface area contributed by atoms with Crippen molar-refractivity contribution in [3.63, 3.8) is 0 Å². The lowest BCUT2D eigenvalue weighted by atomic mass is 10.3. The molecule has 0 amide bonds. The first kappa shape index (κ1) is 9.92. The van der Waals surface area contributed by atoms with Gasteiger partial charge in [-0.05, 0) is 32.4 Å². The Balaban J connectivity index is 2.65. The summed E-state index contributed by atoms with van der Waals surface area (Å²) in [6, 6.07) is 0. The molecule has 0 fully saturated rings. The predicted octanol–water partition coefficient (Wildman–Crippen LogP) is 0.398. The van der Waals surface area contributed by atoms with E-state index in [1.165, 1.54) is 38.8 Å². The molecule has 0 spiro atoms. The van der Waals surface area contributed by atoms with E-state index in [-0.39, 0.29) is 0 Å². The van der Waals surface area contributed by atoms with Crippen LogP contribution < -0.4 is 11.1 Å². The van der Waals surface area contributed by atoms with Crippen LogP contribution in [0.5, 0.6) is 0 Å². The van der Waals surface area contributed by atoms with Crippen molar-refractivity contribution < 1.29 is 5.73 Å². The summed E-state index contributed by atoms with van der Waals surface area (Å²) in [6.07, 6.45) is 5.15. The van der Waals surface area contributed by atoms with Crippen LogP contribution in [0.2, 0.25) is 0 Å². The summed E-state index contributed by atoms with van der Waals surface area (Å²) in [5.74, 6) is 0. The second-order valence-corrected chi connectivity index (χ2v) is 2.66. The molecule has 2 nitrogen and oxygen atoms in total. The topological polar surface area (TPSA) is 39.7 Å². The summed E-state index contributed by atoms with van der Waals surface area (Å²) in [6.45, 7) is 5.66. The minimum atomic E-state index is 1.08. The Kier molecular flexibility index (Phi) is 8.85. The average molecular weight is 145 g/mol. The highest BCUT2D eigenvalue weighted by molar-refractivity contribution is 4.46. The summed E-state index contributed by atoms with van der Waals surface area (Å²) < 4.78 is 0. The zero-order valence-corrected chi connectivity index (χ0v) is 7.16. The largest absolute Gasteiger partial charge is 0.358 e. The number of unbranched alkanes of at least 4 members (excludes halogenated alkanes) is 2. The molecule has 0 aliphatic heterocycles. The maximum atomic E-state index is 3.79. The Morgan fingerprint density at radius 2 is 1.80 bits per heavy atom. The lowest BCUT2D eigenvalue weighted by Crippen LogP contribution is -2.50. The Hall–Kier alpha value is -0.0800. The van der Waals surface area contributed by atoms with Crippen LogP contribution in [-0.4, -0.2) is 19.6 Å². The quantitative estimate of drug-likeness (QED) is 0.500. The third-order valence-electron chi connectivity index (χ3n) is 1.56. The van der Waals surface area contributed by atoms with Crippen molar-refractivity contribution >= 4 is 0 Å². The van der Waals surface area contributed by atoms with Gasteiger partial charge in [-0.3, -0.25) is 0 Å². The Morgan fingerprint density at radius 1 is 1.10 bits per heavy atom. The lowest BCUT2D eigenvalue weighted by molar-refractivity contribution is -0.368. The number of rotatable bonds is 7. The van der Waals surface area contributed by atoms with Crippen molar-refractivity contribution in [3.8, 4) is 0 Å². The lowest BCUT2D eigenvalue weighted by Gasteiger charge is -2.00. The summed E-state index contributed by atoms with van der Waals surface area (Å²) in [7, 11) is 0. The van der Waals surface area contributed by atoms with Crippen molar-refractivity contribution in [1.82, 2.24) is 5.32 Å². The van der Waals surface area contributed by atoms with Gasteiger partial charge in [-0.2, -0.15) is 0 Å². The molecule has 0 aromatic carbocycles. The number of quaternary nitrogens is 1. The Labute approximate surface area is 64.2 Å². The molecule has 0 saturated heterocycles. The molecule has 0 heterocycles. The minimum absolute atomic E-state index is 1.08. The van der Waals surface area contributed by atoms with Crippen LogP contribution >= 0.6 is 0 Å². The first-order valence-electron chi connectivity index (χ1n) is 4.41. The van der Waals surface area contributed by atoms with E-state index >= 15 is 0 Å². The highest BCUT2D eigenvalue weighted by atomic mass is 14.8. The highest BCUT2D eigenvalue weighted by Gasteiger charge is 1.86. The van der Waals surface area contributed by atoms with E-state index in [4.69, 9.17) is 0 Å². The highest BCUT2D eigenvalue weighted by Crippen LogP contribution is 1.84. The molecular formula is C8H21N2+. The maximum Gasteiger partial charge on any atom is 0.0740 e. The third-order valence-corrected chi connectivity index (χ3v) is 1.56. The van der Waals surface area contributed by atoms with Crippen LogP contribution in [-0.2, 0) is 0 Å². The van der Waals surface area contributed by atoms with Gasteiger partial charge >= 0.3 is 0 Å². The molecule has 0 saturated carbocycles. The van der Waals surface area contributed by atoms with Crippen molar-refractivity contribution in [1.29, 1.82) is 0 Å². The van der Waals surface area contributed by atoms with E-state index in [2.05, 4.69) is 18.0 Å². The van der Waals surface area contributed by atoms with Crippen molar-refractivity contribution in [3.05, 3.63) is 0 Å². The van der Waals surface area contributed by atoms with Crippen LogP contribution in [0.25, 0.3) is 0 Å². The molecule has 0 aromatic heterocycles. The van der Waals surface area contributed by atoms with Gasteiger partial charge in [0.1, 0.15) is 0 Å². The molecular weight excluding hydrogens is 124 g/mol. The molecule has 0 aliphatic carbocycles. The Morgan fingerprint density at radius 3 is 2.40 bits per heavy atom. The number of hydrogen-bond acceptors (Lipinski definition) is 1. The van der Waals surface area contributed by atoms with Gasteiger partial charge in [-0.1, -0.05) is 13.3 Å². The van der Waals surface area contributed by atoms with Gasteiger partial charge in [-0.15, -0.1) is 0 Å². The van der Waals surface area contributed by atoms with Crippen LogP contribution in [0, 0.1) is 0 Å². The van der Waals surface area contributed by atoms with E-state index < -0.39 is 0 Å². The zero-order chi connectivity index (χ0) is 7.66. The van der Waals surface area contributed by atoms with E-state index in [0.29, 0.717) is 0 Å². The van der Waals surface area contributed by atoms with E-state index in [9.17, 15) is 0 Å². The standard InChI is InChI=1S/C8H20N2/c1-2-3-7-10-8-5-4-6-9/h10H,2-9H2,1H3/p+1. The molecule has 2 heteroatoms. The molecule has 0 aromatic rings. The van der Waals surface area contributed by atoms with E-state index in [1.807, 2.05) is 0 Å². The molecule has 0 radical (unpaired) electrons. The van der Waals surface area contributed by atoms with Gasteiger partial charge < -0.3 is 11.1 Å². The van der Waals surface area contributed by atoms with Crippen molar-refractivity contribution in [2.75, 3.05) is 19.6 Å². The fraction of sp³-hybridized carbons (Fsp3) is 1.00. The van der Waals surface area contributed by atoms with Gasteiger partial charge in [0.25, 0.3) is 0 Å². The van der Waals surface area contributed by atoms with Gasteiger partial charge in [0.05, 0.1) is 6.54 Å². The maximum absolute atomic E-state index is 3.79. The summed E-state index contributed by atoms with van der Waals surface area (Å²) >= 11 is 0. The smallest absolute Gasteiger partial charge is 0.0740 e. The van der Waals surface area contributed by atoms with Gasteiger partial charge in [0, 0.05) is 0 Å². The van der Waals surface area contributed by atoms with Crippen LogP contribution in [0.1, 0.15) is 32.6 Å². The van der Waals surface area contributed by atoms with Crippen LogP contribution in [0.15, 0.2) is 0 Å². The zero-order valence-electron chi connectivity index (χ0n) is 7.16. The fourth-order valence-corrected chi connectivity index (χ4v) is 0.854. The molecule has 0 atom stereocenters. The second-order valence-electron chi connectivity index (χ2n) is 2.66. The van der Waals surface area contributed by atoms with Crippen LogP contribution in [0.3, 0.4) is 0 Å². The second kappa shape index (κ2) is 8.92. The molecule has 0 aliphatic rings. The summed E-state index contributed by atoms with van der Waals surface area (Å²) in [5, 5.41) is 3.39. The SMILES string of the molecule is CCCCNCCCC[NH3+]. The number of hydrogen-bond donors (Lipinski definition) is 2. The summed E-state index contributed by atoms with van der Waals surface area (Å²) in [4.78, 5) is 0. The van der Waals surface area contributed by atoms with Crippen LogP contribution in [0.4, 0.5) is 0 Å². The normalized spacial score (nSPS) is 10.2. The van der Waals surface area contributed by atoms with E-state index in [1.54, 1.807) is 0 Å². The van der Waals surface area contributed by atoms with E-state index in [0.717, 1.165) is 6.54 Å². The molecule has 0 bridgehead atoms. The predicted molar refractivity (Wildman–Crippen MR) is 44.8 cm³/mol. The number of nitrogens with one attached hydrogen (secondary N) is 1. The minimum Gasteiger partial charge on any atom is -0.358 e. The monoisotopic (exact) mass is 145 g/mol. The average Bonchev–Trinajstić information content (AvgIpc) is 1.97. The molecule has 62 valence electrons. The molecule has 4 N–H and O–H groups in total. The fourth-order valence-electron chi connectivity index (χ4n) is 0.854. The summed E-state index contributed by atoms with van der Waals surface area (Å²) in [5.41, 5.74) is 3.79. The van der Waals surface area contributed by atoms with Gasteiger partial charge in [0.2, 0.25) is 0 Å². The first-order chi connectivity index (χ1) is 4.91. The molecule has 0 unspecified atom stereocenters. The van der Waals surface area contributed by atoms with Crippen molar-refractivity contribution in [2.24, 2.45) is 0 Å². The molecule has 0 rings (SSSR count).